The molecule has 0 aliphatic rings. The number of nitrogens with one attached hydrogen (secondary N) is 1. The van der Waals surface area contributed by atoms with Crippen molar-refractivity contribution >= 4 is 11.6 Å². The Kier molecular flexibility index (Phi) is 4.48. The number of hydrogen-bond acceptors (Lipinski definition) is 3. The van der Waals surface area contributed by atoms with Gasteiger partial charge in [0.25, 0.3) is 5.91 Å². The molecule has 0 spiro atoms. The normalized spacial score (nSPS) is 11.8. The first kappa shape index (κ1) is 14.9. The van der Waals surface area contributed by atoms with E-state index in [9.17, 15) is 4.79 Å². The van der Waals surface area contributed by atoms with Gasteiger partial charge in [-0.2, -0.15) is 0 Å². The molecule has 4 heteroatoms. The number of aryl methyl sites for hydroxylation is 1. The van der Waals surface area contributed by atoms with Crippen LogP contribution in [0.15, 0.2) is 42.5 Å². The predicted octanol–water partition coefficient (Wildman–Crippen LogP) is 3.08. The standard InChI is InChI=1S/C17H20N2O2/c1-11-8-14(10-15(18)9-11)17(20)19-12(2)13-4-6-16(21-3)7-5-13/h4-10,12H,18H2,1-3H3,(H,19,20). The fraction of sp³-hybridized carbons (Fsp3) is 0.235. The molecule has 2 rings (SSSR count). The average Bonchev–Trinajstić information content (AvgIpc) is 2.46. The Hall–Kier alpha value is -2.49. The van der Waals surface area contributed by atoms with Crippen LogP contribution in [0.4, 0.5) is 5.69 Å². The number of carbonyl (C=O) groups excluding carboxylic acids is 1. The number of anilines is 1. The Morgan fingerprint density at radius 1 is 1.19 bits per heavy atom. The zero-order chi connectivity index (χ0) is 15.4. The van der Waals surface area contributed by atoms with Crippen LogP contribution in [0.2, 0.25) is 0 Å². The molecule has 3 N–H and O–H groups in total. The van der Waals surface area contributed by atoms with Gasteiger partial charge in [-0.1, -0.05) is 12.1 Å². The van der Waals surface area contributed by atoms with E-state index in [1.54, 1.807) is 13.2 Å². The largest absolute Gasteiger partial charge is 0.497 e. The number of benzene rings is 2. The molecule has 110 valence electrons. The number of rotatable bonds is 4. The number of methoxy groups -OCH3 is 1. The summed E-state index contributed by atoms with van der Waals surface area (Å²) in [5.74, 6) is 0.664. The highest BCUT2D eigenvalue weighted by atomic mass is 16.5. The Bertz CT molecular complexity index is 615. The summed E-state index contributed by atoms with van der Waals surface area (Å²) >= 11 is 0. The van der Waals surface area contributed by atoms with Gasteiger partial charge < -0.3 is 15.8 Å². The Morgan fingerprint density at radius 3 is 2.43 bits per heavy atom. The van der Waals surface area contributed by atoms with Crippen LogP contribution in [0, 0.1) is 6.92 Å². The molecule has 0 aliphatic carbocycles. The highest BCUT2D eigenvalue weighted by Gasteiger charge is 2.12. The average molecular weight is 284 g/mol. The van der Waals surface area contributed by atoms with E-state index in [0.717, 1.165) is 16.9 Å². The van der Waals surface area contributed by atoms with E-state index < -0.39 is 0 Å². The minimum atomic E-state index is -0.131. The van der Waals surface area contributed by atoms with Gasteiger partial charge in [-0.25, -0.2) is 0 Å². The molecule has 1 atom stereocenters. The molecular formula is C17H20N2O2. The van der Waals surface area contributed by atoms with Crippen LogP contribution in [-0.2, 0) is 0 Å². The van der Waals surface area contributed by atoms with E-state index in [0.29, 0.717) is 11.3 Å². The van der Waals surface area contributed by atoms with Gasteiger partial charge >= 0.3 is 0 Å². The molecular weight excluding hydrogens is 264 g/mol. The summed E-state index contributed by atoms with van der Waals surface area (Å²) in [5, 5.41) is 2.97. The summed E-state index contributed by atoms with van der Waals surface area (Å²) in [6.45, 7) is 3.86. The van der Waals surface area contributed by atoms with E-state index >= 15 is 0 Å². The van der Waals surface area contributed by atoms with E-state index in [-0.39, 0.29) is 11.9 Å². The van der Waals surface area contributed by atoms with E-state index in [1.165, 1.54) is 0 Å². The van der Waals surface area contributed by atoms with Crippen LogP contribution in [-0.4, -0.2) is 13.0 Å². The van der Waals surface area contributed by atoms with E-state index in [1.807, 2.05) is 50.2 Å². The van der Waals surface area contributed by atoms with Gasteiger partial charge in [0.15, 0.2) is 0 Å². The summed E-state index contributed by atoms with van der Waals surface area (Å²) in [6, 6.07) is 12.9. The lowest BCUT2D eigenvalue weighted by molar-refractivity contribution is 0.0940. The topological polar surface area (TPSA) is 64.3 Å². The SMILES string of the molecule is COc1ccc(C(C)NC(=O)c2cc(C)cc(N)c2)cc1. The number of nitrogen functional groups attached to an aromatic ring is 1. The molecule has 1 unspecified atom stereocenters. The number of carbonyl (C=O) groups is 1. The van der Waals surface area contributed by atoms with Crippen molar-refractivity contribution in [1.82, 2.24) is 5.32 Å². The first-order valence-electron chi connectivity index (χ1n) is 6.81. The van der Waals surface area contributed by atoms with Gasteiger partial charge in [-0.3, -0.25) is 4.79 Å². The molecule has 2 aromatic carbocycles. The van der Waals surface area contributed by atoms with Gasteiger partial charge in [0.2, 0.25) is 0 Å². The molecule has 1 amide bonds. The van der Waals surface area contributed by atoms with Crippen molar-refractivity contribution in [3.05, 3.63) is 59.2 Å². The molecule has 0 saturated heterocycles. The van der Waals surface area contributed by atoms with Crippen molar-refractivity contribution in [1.29, 1.82) is 0 Å². The van der Waals surface area contributed by atoms with Gasteiger partial charge in [-0.05, 0) is 55.3 Å². The monoisotopic (exact) mass is 284 g/mol. The lowest BCUT2D eigenvalue weighted by Crippen LogP contribution is -2.26. The molecule has 4 nitrogen and oxygen atoms in total. The van der Waals surface area contributed by atoms with E-state index in [2.05, 4.69) is 5.32 Å². The predicted molar refractivity (Wildman–Crippen MR) is 84.5 cm³/mol. The van der Waals surface area contributed by atoms with Gasteiger partial charge in [-0.15, -0.1) is 0 Å². The maximum atomic E-state index is 12.3. The first-order chi connectivity index (χ1) is 9.99. The minimum Gasteiger partial charge on any atom is -0.497 e. The van der Waals surface area contributed by atoms with Crippen molar-refractivity contribution < 1.29 is 9.53 Å². The summed E-state index contributed by atoms with van der Waals surface area (Å²) in [6.07, 6.45) is 0. The molecule has 0 aromatic heterocycles. The third kappa shape index (κ3) is 3.75. The van der Waals surface area contributed by atoms with Crippen molar-refractivity contribution in [3.63, 3.8) is 0 Å². The Balaban J connectivity index is 2.10. The summed E-state index contributed by atoms with van der Waals surface area (Å²) in [5.41, 5.74) is 8.94. The number of amides is 1. The van der Waals surface area contributed by atoms with E-state index in [4.69, 9.17) is 10.5 Å². The van der Waals surface area contributed by atoms with Crippen LogP contribution < -0.4 is 15.8 Å². The molecule has 0 heterocycles. The molecule has 0 radical (unpaired) electrons. The van der Waals surface area contributed by atoms with Gasteiger partial charge in [0, 0.05) is 11.3 Å². The molecule has 0 bridgehead atoms. The third-order valence-electron chi connectivity index (χ3n) is 3.33. The van der Waals surface area contributed by atoms with Crippen LogP contribution in [0.25, 0.3) is 0 Å². The second kappa shape index (κ2) is 6.31. The second-order valence-electron chi connectivity index (χ2n) is 5.10. The maximum absolute atomic E-state index is 12.3. The van der Waals surface area contributed by atoms with Crippen molar-refractivity contribution in [2.24, 2.45) is 0 Å². The number of hydrogen-bond donors (Lipinski definition) is 2. The summed E-state index contributed by atoms with van der Waals surface area (Å²) < 4.78 is 5.12. The smallest absolute Gasteiger partial charge is 0.251 e. The van der Waals surface area contributed by atoms with Gasteiger partial charge in [0.05, 0.1) is 13.2 Å². The Labute approximate surface area is 124 Å². The zero-order valence-corrected chi connectivity index (χ0v) is 12.5. The lowest BCUT2D eigenvalue weighted by atomic mass is 10.1. The molecule has 2 aromatic rings. The highest BCUT2D eigenvalue weighted by Crippen LogP contribution is 2.18. The molecule has 0 fully saturated rings. The second-order valence-corrected chi connectivity index (χ2v) is 5.10. The highest BCUT2D eigenvalue weighted by molar-refractivity contribution is 5.95. The van der Waals surface area contributed by atoms with Crippen molar-refractivity contribution in [2.75, 3.05) is 12.8 Å². The summed E-state index contributed by atoms with van der Waals surface area (Å²) in [7, 11) is 1.63. The van der Waals surface area contributed by atoms with Crippen molar-refractivity contribution in [2.45, 2.75) is 19.9 Å². The van der Waals surface area contributed by atoms with Crippen LogP contribution in [0.1, 0.15) is 34.5 Å². The third-order valence-corrected chi connectivity index (χ3v) is 3.33. The van der Waals surface area contributed by atoms with Crippen LogP contribution >= 0.6 is 0 Å². The minimum absolute atomic E-state index is 0.0925. The lowest BCUT2D eigenvalue weighted by Gasteiger charge is -2.15. The van der Waals surface area contributed by atoms with Crippen LogP contribution in [0.3, 0.4) is 0 Å². The zero-order valence-electron chi connectivity index (χ0n) is 12.5. The fourth-order valence-corrected chi connectivity index (χ4v) is 2.20. The molecule has 21 heavy (non-hydrogen) atoms. The first-order valence-corrected chi connectivity index (χ1v) is 6.81. The van der Waals surface area contributed by atoms with Crippen molar-refractivity contribution in [3.8, 4) is 5.75 Å². The van der Waals surface area contributed by atoms with Crippen LogP contribution in [0.5, 0.6) is 5.75 Å². The summed E-state index contributed by atoms with van der Waals surface area (Å²) in [4.78, 5) is 12.3. The number of nitrogens with two attached hydrogens (primary N) is 1. The molecule has 0 saturated carbocycles. The quantitative estimate of drug-likeness (QED) is 0.848. The molecule has 0 aliphatic heterocycles. The maximum Gasteiger partial charge on any atom is 0.251 e. The number of ether oxygens (including phenoxy) is 1. The fourth-order valence-electron chi connectivity index (χ4n) is 2.20. The van der Waals surface area contributed by atoms with Gasteiger partial charge in [0.1, 0.15) is 5.75 Å². The Morgan fingerprint density at radius 2 is 1.86 bits per heavy atom.